The van der Waals surface area contributed by atoms with Crippen molar-refractivity contribution in [2.24, 2.45) is 11.7 Å². The predicted octanol–water partition coefficient (Wildman–Crippen LogP) is 2.34. The van der Waals surface area contributed by atoms with Crippen LogP contribution in [0.2, 0.25) is 0 Å². The molecule has 0 saturated heterocycles. The van der Waals surface area contributed by atoms with Crippen LogP contribution < -0.4 is 10.6 Å². The summed E-state index contributed by atoms with van der Waals surface area (Å²) in [5.74, 6) is 1.95. The third kappa shape index (κ3) is 2.53. The van der Waals surface area contributed by atoms with Crippen molar-refractivity contribution in [2.75, 3.05) is 18.0 Å². The Balaban J connectivity index is 2.21. The smallest absolute Gasteiger partial charge is 0.133 e. The molecule has 0 radical (unpaired) electrons. The van der Waals surface area contributed by atoms with Gasteiger partial charge in [0.05, 0.1) is 0 Å². The normalized spacial score (nSPS) is 17.2. The van der Waals surface area contributed by atoms with E-state index in [1.165, 1.54) is 12.8 Å². The minimum absolute atomic E-state index is 0.0527. The van der Waals surface area contributed by atoms with Crippen LogP contribution in [0.4, 0.5) is 5.82 Å². The molecule has 88 valence electrons. The molecule has 2 rings (SSSR count). The molecule has 3 heteroatoms. The van der Waals surface area contributed by atoms with Gasteiger partial charge in [0, 0.05) is 30.9 Å². The maximum atomic E-state index is 5.99. The summed E-state index contributed by atoms with van der Waals surface area (Å²) in [6.07, 6.45) is 4.60. The molecule has 1 aliphatic carbocycles. The lowest BCUT2D eigenvalue weighted by atomic mass is 10.1. The van der Waals surface area contributed by atoms with E-state index in [9.17, 15) is 0 Å². The van der Waals surface area contributed by atoms with Crippen molar-refractivity contribution in [3.8, 4) is 0 Å². The van der Waals surface area contributed by atoms with Gasteiger partial charge in [-0.25, -0.2) is 4.98 Å². The minimum Gasteiger partial charge on any atom is -0.356 e. The van der Waals surface area contributed by atoms with Gasteiger partial charge in [0.1, 0.15) is 5.82 Å². The maximum Gasteiger partial charge on any atom is 0.133 e. The molecule has 1 saturated carbocycles. The predicted molar refractivity (Wildman–Crippen MR) is 67.5 cm³/mol. The molecule has 1 aromatic rings. The SMILES string of the molecule is CCN(CC1CC1)c1ncccc1[C@@H](C)N. The molecule has 1 aromatic heterocycles. The third-order valence-electron chi connectivity index (χ3n) is 3.16. The van der Waals surface area contributed by atoms with Crippen molar-refractivity contribution in [1.82, 2.24) is 4.98 Å². The van der Waals surface area contributed by atoms with Crippen molar-refractivity contribution >= 4 is 5.82 Å². The number of nitrogens with zero attached hydrogens (tertiary/aromatic N) is 2. The maximum absolute atomic E-state index is 5.99. The summed E-state index contributed by atoms with van der Waals surface area (Å²) in [7, 11) is 0. The molecule has 0 amide bonds. The van der Waals surface area contributed by atoms with Crippen LogP contribution in [-0.4, -0.2) is 18.1 Å². The highest BCUT2D eigenvalue weighted by Crippen LogP contribution is 2.32. The van der Waals surface area contributed by atoms with Crippen LogP contribution in [0.1, 0.15) is 38.3 Å². The minimum atomic E-state index is 0.0527. The first-order chi connectivity index (χ1) is 7.72. The molecule has 0 spiro atoms. The summed E-state index contributed by atoms with van der Waals surface area (Å²) in [6, 6.07) is 4.10. The van der Waals surface area contributed by atoms with Crippen LogP contribution in [-0.2, 0) is 0 Å². The van der Waals surface area contributed by atoms with Gasteiger partial charge in [-0.3, -0.25) is 0 Å². The molecule has 1 aliphatic rings. The average Bonchev–Trinajstić information content (AvgIpc) is 3.09. The van der Waals surface area contributed by atoms with E-state index < -0.39 is 0 Å². The van der Waals surface area contributed by atoms with Gasteiger partial charge in [-0.1, -0.05) is 6.07 Å². The van der Waals surface area contributed by atoms with E-state index in [1.54, 1.807) is 0 Å². The Kier molecular flexibility index (Phi) is 3.44. The summed E-state index contributed by atoms with van der Waals surface area (Å²) in [5.41, 5.74) is 7.14. The van der Waals surface area contributed by atoms with E-state index in [1.807, 2.05) is 19.2 Å². The largest absolute Gasteiger partial charge is 0.356 e. The monoisotopic (exact) mass is 219 g/mol. The van der Waals surface area contributed by atoms with Crippen molar-refractivity contribution in [1.29, 1.82) is 0 Å². The zero-order chi connectivity index (χ0) is 11.5. The van der Waals surface area contributed by atoms with Gasteiger partial charge in [0.15, 0.2) is 0 Å². The topological polar surface area (TPSA) is 42.2 Å². The highest BCUT2D eigenvalue weighted by molar-refractivity contribution is 5.48. The first-order valence-electron chi connectivity index (χ1n) is 6.17. The molecule has 0 bridgehead atoms. The first-order valence-corrected chi connectivity index (χ1v) is 6.17. The summed E-state index contributed by atoms with van der Waals surface area (Å²) >= 11 is 0. The van der Waals surface area contributed by atoms with Crippen LogP contribution in [0.25, 0.3) is 0 Å². The molecule has 0 unspecified atom stereocenters. The molecule has 1 fully saturated rings. The van der Waals surface area contributed by atoms with Crippen molar-refractivity contribution in [2.45, 2.75) is 32.7 Å². The number of hydrogen-bond donors (Lipinski definition) is 1. The zero-order valence-corrected chi connectivity index (χ0v) is 10.2. The molecular formula is C13H21N3. The number of anilines is 1. The summed E-state index contributed by atoms with van der Waals surface area (Å²) < 4.78 is 0. The van der Waals surface area contributed by atoms with E-state index in [-0.39, 0.29) is 6.04 Å². The fraction of sp³-hybridized carbons (Fsp3) is 0.615. The molecule has 3 nitrogen and oxygen atoms in total. The summed E-state index contributed by atoms with van der Waals surface area (Å²) in [6.45, 7) is 6.34. The second kappa shape index (κ2) is 4.83. The van der Waals surface area contributed by atoms with Gasteiger partial charge >= 0.3 is 0 Å². The number of pyridine rings is 1. The van der Waals surface area contributed by atoms with Gasteiger partial charge in [-0.15, -0.1) is 0 Å². The second-order valence-electron chi connectivity index (χ2n) is 4.69. The standard InChI is InChI=1S/C13H21N3/c1-3-16(9-11-6-7-11)13-12(10(2)14)5-4-8-15-13/h4-5,8,10-11H,3,6-7,9,14H2,1-2H3/t10-/m1/s1. The fourth-order valence-corrected chi connectivity index (χ4v) is 2.01. The molecule has 1 heterocycles. The molecular weight excluding hydrogens is 198 g/mol. The molecule has 2 N–H and O–H groups in total. The molecule has 0 aliphatic heterocycles. The highest BCUT2D eigenvalue weighted by atomic mass is 15.2. The lowest BCUT2D eigenvalue weighted by molar-refractivity contribution is 0.714. The Labute approximate surface area is 97.7 Å². The Morgan fingerprint density at radius 1 is 1.56 bits per heavy atom. The quantitative estimate of drug-likeness (QED) is 0.826. The van der Waals surface area contributed by atoms with Crippen molar-refractivity contribution in [3.05, 3.63) is 23.9 Å². The molecule has 16 heavy (non-hydrogen) atoms. The van der Waals surface area contributed by atoms with Crippen LogP contribution >= 0.6 is 0 Å². The lowest BCUT2D eigenvalue weighted by Crippen LogP contribution is -2.28. The van der Waals surface area contributed by atoms with Crippen LogP contribution in [0, 0.1) is 5.92 Å². The highest BCUT2D eigenvalue weighted by Gasteiger charge is 2.25. The van der Waals surface area contributed by atoms with Crippen LogP contribution in [0.15, 0.2) is 18.3 Å². The van der Waals surface area contributed by atoms with Gasteiger partial charge in [-0.2, -0.15) is 0 Å². The fourth-order valence-electron chi connectivity index (χ4n) is 2.01. The first kappa shape index (κ1) is 11.4. The average molecular weight is 219 g/mol. The van der Waals surface area contributed by atoms with E-state index in [2.05, 4.69) is 22.9 Å². The molecule has 1 atom stereocenters. The Morgan fingerprint density at radius 2 is 2.31 bits per heavy atom. The van der Waals surface area contributed by atoms with Gasteiger partial charge < -0.3 is 10.6 Å². The number of hydrogen-bond acceptors (Lipinski definition) is 3. The number of nitrogens with two attached hydrogens (primary N) is 1. The second-order valence-corrected chi connectivity index (χ2v) is 4.69. The summed E-state index contributed by atoms with van der Waals surface area (Å²) in [5, 5.41) is 0. The third-order valence-corrected chi connectivity index (χ3v) is 3.16. The number of rotatable bonds is 5. The van der Waals surface area contributed by atoms with E-state index >= 15 is 0 Å². The van der Waals surface area contributed by atoms with Crippen LogP contribution in [0.5, 0.6) is 0 Å². The Morgan fingerprint density at radius 3 is 2.88 bits per heavy atom. The molecule has 0 aromatic carbocycles. The van der Waals surface area contributed by atoms with Gasteiger partial charge in [0.25, 0.3) is 0 Å². The summed E-state index contributed by atoms with van der Waals surface area (Å²) in [4.78, 5) is 6.86. The van der Waals surface area contributed by atoms with Gasteiger partial charge in [0.2, 0.25) is 0 Å². The van der Waals surface area contributed by atoms with Crippen LogP contribution in [0.3, 0.4) is 0 Å². The number of aromatic nitrogens is 1. The van der Waals surface area contributed by atoms with Crippen molar-refractivity contribution < 1.29 is 0 Å². The van der Waals surface area contributed by atoms with E-state index in [4.69, 9.17) is 5.73 Å². The zero-order valence-electron chi connectivity index (χ0n) is 10.2. The van der Waals surface area contributed by atoms with E-state index in [0.29, 0.717) is 0 Å². The van der Waals surface area contributed by atoms with E-state index in [0.717, 1.165) is 30.4 Å². The Hall–Kier alpha value is -1.09. The Bertz CT molecular complexity index is 345. The van der Waals surface area contributed by atoms with Gasteiger partial charge in [-0.05, 0) is 38.7 Å². The lowest BCUT2D eigenvalue weighted by Gasteiger charge is -2.25. The van der Waals surface area contributed by atoms with Crippen molar-refractivity contribution in [3.63, 3.8) is 0 Å².